The Hall–Kier alpha value is -11.0. The summed E-state index contributed by atoms with van der Waals surface area (Å²) >= 11 is 0. The molecule has 8 bridgehead atoms. The van der Waals surface area contributed by atoms with Crippen molar-refractivity contribution in [2.75, 3.05) is 105 Å². The summed E-state index contributed by atoms with van der Waals surface area (Å²) in [6.45, 7) is 10.5. The predicted octanol–water partition coefficient (Wildman–Crippen LogP) is 5.52. The Kier molecular flexibility index (Phi) is 20.5. The van der Waals surface area contributed by atoms with Crippen LogP contribution in [0.3, 0.4) is 0 Å². The summed E-state index contributed by atoms with van der Waals surface area (Å²) in [5, 5.41) is 41.9. The highest BCUT2D eigenvalue weighted by Crippen LogP contribution is 2.39. The van der Waals surface area contributed by atoms with Crippen LogP contribution in [0.15, 0.2) is 136 Å². The zero-order chi connectivity index (χ0) is 65.4. The number of nitrogens with one attached hydrogen (secondary N) is 15. The van der Waals surface area contributed by atoms with Crippen molar-refractivity contribution >= 4 is 87.9 Å². The first-order valence-electron chi connectivity index (χ1n) is 33.2. The third-order valence-electron chi connectivity index (χ3n) is 17.1. The van der Waals surface area contributed by atoms with E-state index >= 15 is 0 Å². The molecule has 1 saturated heterocycles. The number of hydrogen-bond acceptors (Lipinski definition) is 18. The largest absolute Gasteiger partial charge is 0.356 e. The van der Waals surface area contributed by atoms with Gasteiger partial charge in [0.2, 0.25) is 0 Å². The van der Waals surface area contributed by atoms with Crippen LogP contribution in [0, 0.1) is 0 Å². The number of rotatable bonds is 21. The van der Waals surface area contributed by atoms with Gasteiger partial charge in [0, 0.05) is 158 Å². The van der Waals surface area contributed by atoms with Crippen LogP contribution >= 0.6 is 0 Å². The van der Waals surface area contributed by atoms with Crippen LogP contribution in [0.5, 0.6) is 0 Å². The second-order valence-corrected chi connectivity index (χ2v) is 23.8. The first-order valence-corrected chi connectivity index (χ1v) is 33.2. The van der Waals surface area contributed by atoms with Crippen molar-refractivity contribution in [2.45, 2.75) is 32.0 Å². The Labute approximate surface area is 556 Å². The molecule has 0 saturated carbocycles. The van der Waals surface area contributed by atoms with Gasteiger partial charge >= 0.3 is 0 Å². The fourth-order valence-electron chi connectivity index (χ4n) is 12.2. The van der Waals surface area contributed by atoms with E-state index in [4.69, 9.17) is 9.97 Å². The summed E-state index contributed by atoms with van der Waals surface area (Å²) in [6.07, 6.45) is 12.0. The third kappa shape index (κ3) is 15.6. The highest BCUT2D eigenvalue weighted by atomic mass is 16.2. The standard InChI is InChI=1S/C72H80N20O4/c93-65(73-37-41-85-69-77-29-1-30-78-69)49-13-5-45(6-14-49)61-53-21-23-55(89-53)62(46-7-15-50(16-8-46)66(94)74-38-42-86-70-79-31-2-32-80-70)57-25-27-59(91-57)64(48-11-19-52(20-12-48)68(96)76-40-44-88-72-83-35-4-36-84-72)60-28-26-58(92-60)63(56-24-22-54(61)90-56)47-9-17-51(18-10-47)67(95)75-39-43-87-71-81-33-3-34-82-71/h5-28,69,77-78,85,89,92H,1-4,29-44H2,(H,73,93)(H,74,94)(H,75,95)(H,76,96)(H2,79,80,86)(H2,81,82,87)(H2,83,84,88). The highest BCUT2D eigenvalue weighted by molar-refractivity contribution is 6.03. The molecule has 13 rings (SSSR count). The number of aromatic nitrogens is 4. The van der Waals surface area contributed by atoms with Gasteiger partial charge in [0.15, 0.2) is 17.9 Å². The minimum atomic E-state index is -0.206. The topological polar surface area (TPSA) is 319 Å². The number of aromatic amines is 2. The molecule has 4 aromatic carbocycles. The summed E-state index contributed by atoms with van der Waals surface area (Å²) in [4.78, 5) is 86.6. The lowest BCUT2D eigenvalue weighted by atomic mass is 10.0. The quantitative estimate of drug-likeness (QED) is 0.0394. The van der Waals surface area contributed by atoms with E-state index in [0.29, 0.717) is 97.4 Å². The van der Waals surface area contributed by atoms with Gasteiger partial charge in [-0.1, -0.05) is 48.5 Å². The predicted molar refractivity (Wildman–Crippen MR) is 381 cm³/mol. The molecule has 6 aliphatic heterocycles. The maximum atomic E-state index is 13.7. The summed E-state index contributed by atoms with van der Waals surface area (Å²) < 4.78 is 0. The molecule has 1 fully saturated rings. The van der Waals surface area contributed by atoms with E-state index < -0.39 is 0 Å². The molecule has 7 aromatic rings. The number of fused-ring (bicyclic) bond motifs is 8. The van der Waals surface area contributed by atoms with Gasteiger partial charge in [-0.3, -0.25) is 50.1 Å². The van der Waals surface area contributed by atoms with E-state index in [0.717, 1.165) is 162 Å². The van der Waals surface area contributed by atoms with Crippen LogP contribution in [0.4, 0.5) is 0 Å². The smallest absolute Gasteiger partial charge is 0.251 e. The lowest BCUT2D eigenvalue weighted by Gasteiger charge is -2.26. The van der Waals surface area contributed by atoms with E-state index in [1.807, 2.05) is 146 Å². The van der Waals surface area contributed by atoms with Gasteiger partial charge in [-0.05, 0) is 158 Å². The van der Waals surface area contributed by atoms with Crippen molar-refractivity contribution in [1.82, 2.24) is 89.1 Å². The van der Waals surface area contributed by atoms with Crippen molar-refractivity contribution < 1.29 is 19.2 Å². The Morgan fingerprint density at radius 1 is 0.344 bits per heavy atom. The van der Waals surface area contributed by atoms with E-state index in [1.54, 1.807) is 0 Å². The highest BCUT2D eigenvalue weighted by Gasteiger charge is 2.22. The number of amides is 4. The molecular weight excluding hydrogens is 1210 g/mol. The van der Waals surface area contributed by atoms with Crippen LogP contribution < -0.4 is 69.1 Å². The first kappa shape index (κ1) is 63.8. The first-order chi connectivity index (χ1) is 47.2. The minimum Gasteiger partial charge on any atom is -0.356 e. The third-order valence-corrected chi connectivity index (χ3v) is 17.1. The molecule has 0 spiro atoms. The van der Waals surface area contributed by atoms with Gasteiger partial charge in [0.25, 0.3) is 23.6 Å². The van der Waals surface area contributed by atoms with E-state index in [-0.39, 0.29) is 29.9 Å². The number of nitrogens with zero attached hydrogens (tertiary/aromatic N) is 5. The van der Waals surface area contributed by atoms with Crippen molar-refractivity contribution in [1.29, 1.82) is 0 Å². The fourth-order valence-corrected chi connectivity index (χ4v) is 12.2. The number of aliphatic imine (C=N–C) groups is 3. The van der Waals surface area contributed by atoms with Gasteiger partial charge in [-0.2, -0.15) is 0 Å². The lowest BCUT2D eigenvalue weighted by Crippen LogP contribution is -2.57. The maximum absolute atomic E-state index is 13.7. The summed E-state index contributed by atoms with van der Waals surface area (Å²) in [6, 6.07) is 38.3. The van der Waals surface area contributed by atoms with E-state index in [1.165, 1.54) is 0 Å². The molecule has 0 radical (unpaired) electrons. The zero-order valence-electron chi connectivity index (χ0n) is 53.4. The Balaban J connectivity index is 0.902. The number of carbonyl (C=O) groups is 4. The Morgan fingerprint density at radius 2 is 0.635 bits per heavy atom. The summed E-state index contributed by atoms with van der Waals surface area (Å²) in [5.41, 5.74) is 14.0. The summed E-state index contributed by atoms with van der Waals surface area (Å²) in [5.74, 6) is 1.42. The molecule has 0 aliphatic carbocycles. The summed E-state index contributed by atoms with van der Waals surface area (Å²) in [7, 11) is 0. The molecule has 4 amide bonds. The van der Waals surface area contributed by atoms with E-state index in [9.17, 15) is 19.2 Å². The molecule has 9 heterocycles. The van der Waals surface area contributed by atoms with Gasteiger partial charge in [0.1, 0.15) is 6.29 Å². The molecule has 0 unspecified atom stereocenters. The van der Waals surface area contributed by atoms with Crippen molar-refractivity contribution in [3.05, 3.63) is 166 Å². The van der Waals surface area contributed by atoms with Gasteiger partial charge in [0.05, 0.1) is 22.8 Å². The lowest BCUT2D eigenvalue weighted by molar-refractivity contribution is 0.0945. The molecule has 24 heteroatoms. The van der Waals surface area contributed by atoms with Gasteiger partial charge < -0.3 is 63.1 Å². The molecule has 15 N–H and O–H groups in total. The molecule has 492 valence electrons. The number of H-pyrrole nitrogens is 2. The number of benzene rings is 4. The number of guanidine groups is 3. The number of hydrogen-bond donors (Lipinski definition) is 15. The fraction of sp³-hybridized carbons (Fsp3) is 0.292. The molecule has 24 nitrogen and oxygen atoms in total. The molecule has 6 aliphatic rings. The van der Waals surface area contributed by atoms with Gasteiger partial charge in [-0.25, -0.2) is 9.97 Å². The maximum Gasteiger partial charge on any atom is 0.251 e. The zero-order valence-corrected chi connectivity index (χ0v) is 53.4. The monoisotopic (exact) mass is 1290 g/mol. The minimum absolute atomic E-state index is 0.00188. The second kappa shape index (κ2) is 30.9. The van der Waals surface area contributed by atoms with Gasteiger partial charge in [-0.15, -0.1) is 0 Å². The van der Waals surface area contributed by atoms with Crippen LogP contribution in [-0.2, 0) is 0 Å². The normalized spacial score (nSPS) is 15.1. The van der Waals surface area contributed by atoms with Crippen molar-refractivity contribution in [3.8, 4) is 44.5 Å². The number of carbonyl (C=O) groups excluding carboxylic acids is 4. The van der Waals surface area contributed by atoms with Crippen LogP contribution in [-0.4, -0.2) is 172 Å². The van der Waals surface area contributed by atoms with Crippen molar-refractivity contribution in [3.63, 3.8) is 0 Å². The second-order valence-electron chi connectivity index (χ2n) is 23.8. The molecule has 3 aromatic heterocycles. The average molecular weight is 1290 g/mol. The van der Waals surface area contributed by atoms with Crippen LogP contribution in [0.25, 0.3) is 90.9 Å². The Bertz CT molecular complexity index is 4230. The molecule has 0 atom stereocenters. The van der Waals surface area contributed by atoms with Crippen molar-refractivity contribution in [2.24, 2.45) is 15.0 Å². The van der Waals surface area contributed by atoms with Crippen LogP contribution in [0.2, 0.25) is 0 Å². The molecular formula is C72H80N20O4. The molecule has 96 heavy (non-hydrogen) atoms. The average Bonchev–Trinajstić information content (AvgIpc) is 1.63. The van der Waals surface area contributed by atoms with Crippen LogP contribution in [0.1, 0.15) is 89.9 Å². The SMILES string of the molecule is O=C(NCCNC1=NCCCN1)c1ccc(-c2c3nc(c(-c4ccc(C(=O)NCCNC5=NCCCN5)cc4)c4ccc([nH]4)c(-c4ccc(C(=O)NCCNC5NCCCN5)cc4)c4nc(c(-c5ccc(C(=O)NCCNC6=NCCCN6)cc5)c5ccc2[nH]5)C=C4)C=C3)cc1. The van der Waals surface area contributed by atoms with E-state index in [2.05, 4.69) is 94.1 Å². The Morgan fingerprint density at radius 3 is 0.917 bits per heavy atom.